The first kappa shape index (κ1) is 51.7. The van der Waals surface area contributed by atoms with Crippen LogP contribution in [0.15, 0.2) is 61.3 Å². The smallest absolute Gasteiger partial charge is 0.462 e. The van der Waals surface area contributed by atoms with E-state index in [4.69, 9.17) is 18.5 Å². The molecule has 0 heterocycles. The molecular formula is C44H79NO8P+. The maximum atomic E-state index is 12.7. The van der Waals surface area contributed by atoms with Crippen molar-refractivity contribution in [2.24, 2.45) is 0 Å². The molecule has 1 N–H and O–H groups in total. The van der Waals surface area contributed by atoms with Crippen molar-refractivity contribution < 1.29 is 42.1 Å². The molecule has 0 spiro atoms. The highest BCUT2D eigenvalue weighted by Crippen LogP contribution is 2.43. The van der Waals surface area contributed by atoms with Crippen LogP contribution in [0.2, 0.25) is 0 Å². The van der Waals surface area contributed by atoms with E-state index >= 15 is 0 Å². The molecule has 54 heavy (non-hydrogen) atoms. The Morgan fingerprint density at radius 2 is 1.09 bits per heavy atom. The second-order valence-electron chi connectivity index (χ2n) is 15.2. The van der Waals surface area contributed by atoms with Crippen LogP contribution in [-0.2, 0) is 32.7 Å². The van der Waals surface area contributed by atoms with E-state index in [0.29, 0.717) is 17.4 Å². The largest absolute Gasteiger partial charge is 0.472 e. The maximum Gasteiger partial charge on any atom is 0.472 e. The van der Waals surface area contributed by atoms with Crippen LogP contribution < -0.4 is 0 Å². The summed E-state index contributed by atoms with van der Waals surface area (Å²) < 4.78 is 34.2. The van der Waals surface area contributed by atoms with Gasteiger partial charge in [-0.1, -0.05) is 151 Å². The molecular weight excluding hydrogens is 701 g/mol. The fraction of sp³-hybridized carbons (Fsp3) is 0.727. The van der Waals surface area contributed by atoms with E-state index in [-0.39, 0.29) is 32.0 Å². The van der Waals surface area contributed by atoms with Crippen molar-refractivity contribution in [3.63, 3.8) is 0 Å². The zero-order valence-electron chi connectivity index (χ0n) is 34.8. The number of allylic oxidation sites excluding steroid dienone is 9. The minimum Gasteiger partial charge on any atom is -0.462 e. The molecule has 0 amide bonds. The number of unbranched alkanes of at least 4 members (excludes halogenated alkanes) is 18. The van der Waals surface area contributed by atoms with Crippen LogP contribution in [0.3, 0.4) is 0 Å². The second kappa shape index (κ2) is 36.4. The summed E-state index contributed by atoms with van der Waals surface area (Å²) >= 11 is 0. The molecule has 0 saturated heterocycles. The first-order valence-corrected chi connectivity index (χ1v) is 22.5. The Labute approximate surface area is 330 Å². The Bertz CT molecular complexity index is 1090. The number of hydrogen-bond donors (Lipinski definition) is 1. The molecule has 0 aromatic heterocycles. The molecule has 10 heteroatoms. The van der Waals surface area contributed by atoms with E-state index in [1.54, 1.807) is 0 Å². The molecule has 0 fully saturated rings. The number of esters is 2. The van der Waals surface area contributed by atoms with Gasteiger partial charge in [-0.2, -0.15) is 0 Å². The molecule has 0 rings (SSSR count). The van der Waals surface area contributed by atoms with Crippen molar-refractivity contribution in [3.8, 4) is 0 Å². The molecule has 0 aliphatic heterocycles. The van der Waals surface area contributed by atoms with E-state index in [1.807, 2.05) is 57.6 Å². The Balaban J connectivity index is 4.41. The van der Waals surface area contributed by atoms with Gasteiger partial charge in [0.15, 0.2) is 6.10 Å². The minimum absolute atomic E-state index is 0.0236. The average molecular weight is 781 g/mol. The quantitative estimate of drug-likeness (QED) is 0.0165. The standard InChI is InChI=1S/C44H78NO8P/c1-6-8-10-12-14-16-18-20-22-24-26-28-30-32-34-36-43(46)50-40-42(41-52-54(48,49)51-39-38-45(3,4)5)53-44(47)37-35-33-31-29-27-25-23-21-19-17-15-13-11-9-7-2/h6,9,11,13,15,17,19,21,23,42H,1,7-8,10,12,14,16,18,20,22,24-41H2,2-5H3/p+1/b11-9+,15-13+,19-17+,23-21+/t42-/m1/s1. The molecule has 0 saturated carbocycles. The van der Waals surface area contributed by atoms with Gasteiger partial charge in [-0.25, -0.2) is 4.57 Å². The van der Waals surface area contributed by atoms with Crippen molar-refractivity contribution >= 4 is 19.8 Å². The predicted octanol–water partition coefficient (Wildman–Crippen LogP) is 11.7. The monoisotopic (exact) mass is 781 g/mol. The number of ether oxygens (including phenoxy) is 2. The number of carbonyl (C=O) groups is 2. The highest BCUT2D eigenvalue weighted by atomic mass is 31.2. The summed E-state index contributed by atoms with van der Waals surface area (Å²) in [5.41, 5.74) is 0. The van der Waals surface area contributed by atoms with Gasteiger partial charge in [0.2, 0.25) is 0 Å². The average Bonchev–Trinajstić information content (AvgIpc) is 3.12. The van der Waals surface area contributed by atoms with Gasteiger partial charge in [0.25, 0.3) is 0 Å². The van der Waals surface area contributed by atoms with E-state index in [1.165, 1.54) is 64.2 Å². The van der Waals surface area contributed by atoms with Gasteiger partial charge >= 0.3 is 19.8 Å². The molecule has 0 aromatic rings. The van der Waals surface area contributed by atoms with Gasteiger partial charge in [-0.3, -0.25) is 18.6 Å². The third kappa shape index (κ3) is 39.4. The van der Waals surface area contributed by atoms with Gasteiger partial charge in [0.1, 0.15) is 19.8 Å². The van der Waals surface area contributed by atoms with Crippen molar-refractivity contribution in [2.45, 2.75) is 161 Å². The van der Waals surface area contributed by atoms with Crippen LogP contribution in [-0.4, -0.2) is 74.9 Å². The number of phosphoric acid groups is 1. The number of hydrogen-bond acceptors (Lipinski definition) is 7. The SMILES string of the molecule is C=CCCCCCCCCCCCCCCCC(=O)OC[C@H](COP(=O)(O)OCC[N+](C)(C)C)OC(=O)CCCCCCC/C=C/C=C/C=C/C=C/CC. The second-order valence-corrected chi connectivity index (χ2v) is 16.6. The lowest BCUT2D eigenvalue weighted by atomic mass is 10.0. The van der Waals surface area contributed by atoms with Crippen molar-refractivity contribution in [1.82, 2.24) is 0 Å². The van der Waals surface area contributed by atoms with Crippen molar-refractivity contribution in [3.05, 3.63) is 61.3 Å². The molecule has 312 valence electrons. The molecule has 0 aromatic carbocycles. The Morgan fingerprint density at radius 1 is 0.630 bits per heavy atom. The number of rotatable bonds is 38. The van der Waals surface area contributed by atoms with Crippen LogP contribution in [0.1, 0.15) is 155 Å². The number of phosphoric ester groups is 1. The number of nitrogens with zero attached hydrogens (tertiary/aromatic N) is 1. The summed E-state index contributed by atoms with van der Waals surface area (Å²) in [6.07, 6.45) is 41.6. The summed E-state index contributed by atoms with van der Waals surface area (Å²) in [5, 5.41) is 0. The lowest BCUT2D eigenvalue weighted by Crippen LogP contribution is -2.37. The number of likely N-dealkylation sites (N-methyl/N-ethyl adjacent to an activating group) is 1. The highest BCUT2D eigenvalue weighted by molar-refractivity contribution is 7.47. The Morgan fingerprint density at radius 3 is 1.61 bits per heavy atom. The van der Waals surface area contributed by atoms with Gasteiger partial charge < -0.3 is 18.9 Å². The Hall–Kier alpha value is -2.29. The molecule has 9 nitrogen and oxygen atoms in total. The van der Waals surface area contributed by atoms with Gasteiger partial charge in [0, 0.05) is 12.8 Å². The first-order chi connectivity index (χ1) is 26.0. The summed E-state index contributed by atoms with van der Waals surface area (Å²) in [6.45, 7) is 5.76. The Kier molecular flexibility index (Phi) is 34.8. The predicted molar refractivity (Wildman–Crippen MR) is 224 cm³/mol. The fourth-order valence-corrected chi connectivity index (χ4v) is 6.22. The number of quaternary nitrogens is 1. The first-order valence-electron chi connectivity index (χ1n) is 21.0. The molecule has 2 atom stereocenters. The molecule has 0 aliphatic carbocycles. The minimum atomic E-state index is -4.38. The normalized spacial score (nSPS) is 14.0. The van der Waals surface area contributed by atoms with Crippen LogP contribution in [0.4, 0.5) is 0 Å². The number of carbonyl (C=O) groups excluding carboxylic acids is 2. The van der Waals surface area contributed by atoms with Crippen molar-refractivity contribution in [2.75, 3.05) is 47.5 Å². The summed E-state index contributed by atoms with van der Waals surface area (Å²) in [6, 6.07) is 0. The summed E-state index contributed by atoms with van der Waals surface area (Å²) in [7, 11) is 1.45. The van der Waals surface area contributed by atoms with Crippen LogP contribution >= 0.6 is 7.82 Å². The van der Waals surface area contributed by atoms with E-state index in [9.17, 15) is 19.0 Å². The lowest BCUT2D eigenvalue weighted by Gasteiger charge is -2.24. The van der Waals surface area contributed by atoms with Crippen LogP contribution in [0.5, 0.6) is 0 Å². The van der Waals surface area contributed by atoms with Gasteiger partial charge in [-0.05, 0) is 44.9 Å². The van der Waals surface area contributed by atoms with E-state index in [0.717, 1.165) is 64.2 Å². The van der Waals surface area contributed by atoms with Gasteiger partial charge in [0.05, 0.1) is 27.7 Å². The molecule has 0 aliphatic rings. The zero-order valence-corrected chi connectivity index (χ0v) is 35.7. The van der Waals surface area contributed by atoms with Crippen LogP contribution in [0, 0.1) is 0 Å². The topological polar surface area (TPSA) is 108 Å². The lowest BCUT2D eigenvalue weighted by molar-refractivity contribution is -0.870. The zero-order chi connectivity index (χ0) is 40.0. The summed E-state index contributed by atoms with van der Waals surface area (Å²) in [5.74, 6) is -0.832. The fourth-order valence-electron chi connectivity index (χ4n) is 5.47. The third-order valence-electron chi connectivity index (χ3n) is 8.77. The molecule has 0 radical (unpaired) electrons. The third-order valence-corrected chi connectivity index (χ3v) is 9.76. The molecule has 1 unspecified atom stereocenters. The van der Waals surface area contributed by atoms with Crippen molar-refractivity contribution in [1.29, 1.82) is 0 Å². The highest BCUT2D eigenvalue weighted by Gasteiger charge is 2.27. The molecule has 0 bridgehead atoms. The van der Waals surface area contributed by atoms with Crippen LogP contribution in [0.25, 0.3) is 0 Å². The van der Waals surface area contributed by atoms with Gasteiger partial charge in [-0.15, -0.1) is 6.58 Å². The van der Waals surface area contributed by atoms with E-state index in [2.05, 4.69) is 31.7 Å². The maximum absolute atomic E-state index is 12.7. The van der Waals surface area contributed by atoms with E-state index < -0.39 is 26.5 Å². The summed E-state index contributed by atoms with van der Waals surface area (Å²) in [4.78, 5) is 35.3.